The number of carbonyl (C=O) groups excluding carboxylic acids is 1. The van der Waals surface area contributed by atoms with Gasteiger partial charge in [-0.1, -0.05) is 29.3 Å². The number of carbonyl (C=O) groups is 1. The molecular formula is C21H20Cl2N6O3. The van der Waals surface area contributed by atoms with Crippen molar-refractivity contribution < 1.29 is 9.53 Å². The summed E-state index contributed by atoms with van der Waals surface area (Å²) < 4.78 is 6.56. The van der Waals surface area contributed by atoms with E-state index in [2.05, 4.69) is 20.6 Å². The van der Waals surface area contributed by atoms with Crippen LogP contribution in [-0.4, -0.2) is 40.2 Å². The molecule has 4 rings (SSSR count). The molecule has 11 heteroatoms. The third-order valence-electron chi connectivity index (χ3n) is 5.01. The Labute approximate surface area is 193 Å². The highest BCUT2D eigenvalue weighted by Gasteiger charge is 2.21. The summed E-state index contributed by atoms with van der Waals surface area (Å²) in [7, 11) is 0. The number of pyridine rings is 1. The third-order valence-corrected chi connectivity index (χ3v) is 5.62. The number of hydrogen-bond donors (Lipinski definition) is 3. The van der Waals surface area contributed by atoms with Gasteiger partial charge in [0.2, 0.25) is 0 Å². The van der Waals surface area contributed by atoms with Crippen LogP contribution in [0.2, 0.25) is 10.0 Å². The Morgan fingerprint density at radius 2 is 2.03 bits per heavy atom. The highest BCUT2D eigenvalue weighted by molar-refractivity contribution is 6.37. The molecule has 32 heavy (non-hydrogen) atoms. The standard InChI is InChI=1S/C21H20Cl2N6O3/c22-14-2-1-3-15(23)18(14)29-11-27-19(24)17(21(29)31)20(30)28-13-8-12(9-25-10-13)16-4-6-32-7-5-26-16/h1-3,8-11,16,26H,4-7,24H2,(H,28,30)/t16-/m1/s1. The maximum atomic E-state index is 13.1. The number of anilines is 2. The van der Waals surface area contributed by atoms with Gasteiger partial charge in [0.05, 0.1) is 34.2 Å². The summed E-state index contributed by atoms with van der Waals surface area (Å²) in [5.74, 6) is -0.924. The van der Waals surface area contributed by atoms with E-state index in [0.29, 0.717) is 18.9 Å². The number of rotatable bonds is 4. The minimum absolute atomic E-state index is 0.0462. The summed E-state index contributed by atoms with van der Waals surface area (Å²) in [6.45, 7) is 1.99. The second-order valence-corrected chi connectivity index (χ2v) is 7.93. The van der Waals surface area contributed by atoms with Gasteiger partial charge in [-0.2, -0.15) is 0 Å². The van der Waals surface area contributed by atoms with E-state index in [1.165, 1.54) is 12.5 Å². The first kappa shape index (κ1) is 22.2. The highest BCUT2D eigenvalue weighted by Crippen LogP contribution is 2.27. The van der Waals surface area contributed by atoms with Crippen molar-refractivity contribution in [2.75, 3.05) is 30.8 Å². The molecule has 0 spiro atoms. The highest BCUT2D eigenvalue weighted by atomic mass is 35.5. The molecule has 1 fully saturated rings. The van der Waals surface area contributed by atoms with Gasteiger partial charge < -0.3 is 21.1 Å². The summed E-state index contributed by atoms with van der Waals surface area (Å²) in [4.78, 5) is 34.3. The van der Waals surface area contributed by atoms with Gasteiger partial charge in [-0.3, -0.25) is 19.1 Å². The van der Waals surface area contributed by atoms with Gasteiger partial charge >= 0.3 is 0 Å². The lowest BCUT2D eigenvalue weighted by Crippen LogP contribution is -2.31. The Balaban J connectivity index is 1.65. The molecule has 0 radical (unpaired) electrons. The van der Waals surface area contributed by atoms with E-state index in [1.807, 2.05) is 0 Å². The Kier molecular flexibility index (Phi) is 6.71. The van der Waals surface area contributed by atoms with Crippen molar-refractivity contribution in [2.45, 2.75) is 12.5 Å². The van der Waals surface area contributed by atoms with E-state index >= 15 is 0 Å². The average Bonchev–Trinajstić information content (AvgIpc) is 3.05. The first-order valence-electron chi connectivity index (χ1n) is 9.84. The fourth-order valence-electron chi connectivity index (χ4n) is 3.46. The SMILES string of the molecule is Nc1ncn(-c2c(Cl)cccc2Cl)c(=O)c1C(=O)Nc1cncc([C@H]2CCOCCN2)c1. The second kappa shape index (κ2) is 9.66. The van der Waals surface area contributed by atoms with Crippen molar-refractivity contribution in [3.8, 4) is 5.69 Å². The topological polar surface area (TPSA) is 124 Å². The maximum absolute atomic E-state index is 13.1. The summed E-state index contributed by atoms with van der Waals surface area (Å²) in [5.41, 5.74) is 6.38. The van der Waals surface area contributed by atoms with Crippen LogP contribution in [0.3, 0.4) is 0 Å². The molecule has 0 saturated carbocycles. The van der Waals surface area contributed by atoms with E-state index in [-0.39, 0.29) is 33.2 Å². The number of halogens is 2. The minimum Gasteiger partial charge on any atom is -0.383 e. The molecule has 0 unspecified atom stereocenters. The number of aromatic nitrogens is 3. The van der Waals surface area contributed by atoms with Gasteiger partial charge in [0, 0.05) is 25.4 Å². The number of ether oxygens (including phenoxy) is 1. The quantitative estimate of drug-likeness (QED) is 0.530. The van der Waals surface area contributed by atoms with Crippen LogP contribution in [-0.2, 0) is 4.74 Å². The van der Waals surface area contributed by atoms with Crippen LogP contribution in [0.15, 0.2) is 47.8 Å². The fraction of sp³-hybridized carbons (Fsp3) is 0.238. The summed E-state index contributed by atoms with van der Waals surface area (Å²) in [5, 5.41) is 6.52. The van der Waals surface area contributed by atoms with E-state index in [1.54, 1.807) is 30.5 Å². The molecule has 1 aliphatic rings. The largest absolute Gasteiger partial charge is 0.383 e. The van der Waals surface area contributed by atoms with Crippen LogP contribution >= 0.6 is 23.2 Å². The fourth-order valence-corrected chi connectivity index (χ4v) is 4.04. The number of benzene rings is 1. The molecule has 9 nitrogen and oxygen atoms in total. The van der Waals surface area contributed by atoms with Gasteiger partial charge in [-0.25, -0.2) is 4.98 Å². The molecule has 2 aromatic heterocycles. The summed E-state index contributed by atoms with van der Waals surface area (Å²) >= 11 is 12.4. The first-order chi connectivity index (χ1) is 15.5. The minimum atomic E-state index is -0.714. The number of nitrogens with zero attached hydrogens (tertiary/aromatic N) is 3. The molecule has 1 aromatic carbocycles. The van der Waals surface area contributed by atoms with Crippen LogP contribution in [0.25, 0.3) is 5.69 Å². The smallest absolute Gasteiger partial charge is 0.273 e. The van der Waals surface area contributed by atoms with Crippen molar-refractivity contribution in [1.82, 2.24) is 19.9 Å². The maximum Gasteiger partial charge on any atom is 0.273 e. The number of amides is 1. The van der Waals surface area contributed by atoms with E-state index < -0.39 is 11.5 Å². The van der Waals surface area contributed by atoms with Gasteiger partial charge in [-0.15, -0.1) is 0 Å². The van der Waals surface area contributed by atoms with Gasteiger partial charge in [-0.05, 0) is 30.2 Å². The first-order valence-corrected chi connectivity index (χ1v) is 10.6. The number of nitrogens with two attached hydrogens (primary N) is 1. The third kappa shape index (κ3) is 4.61. The molecule has 166 valence electrons. The van der Waals surface area contributed by atoms with Crippen LogP contribution < -0.4 is 21.9 Å². The normalized spacial score (nSPS) is 16.4. The summed E-state index contributed by atoms with van der Waals surface area (Å²) in [6, 6.07) is 6.64. The van der Waals surface area contributed by atoms with E-state index in [9.17, 15) is 9.59 Å². The van der Waals surface area contributed by atoms with Gasteiger partial charge in [0.25, 0.3) is 11.5 Å². The van der Waals surface area contributed by atoms with Gasteiger partial charge in [0.15, 0.2) is 0 Å². The van der Waals surface area contributed by atoms with Crippen LogP contribution in [0.1, 0.15) is 28.4 Å². The molecular weight excluding hydrogens is 455 g/mol. The number of hydrogen-bond acceptors (Lipinski definition) is 7. The van der Waals surface area contributed by atoms with E-state index in [0.717, 1.165) is 23.1 Å². The predicted octanol–water partition coefficient (Wildman–Crippen LogP) is 2.82. The Hall–Kier alpha value is -2.98. The molecule has 4 N–H and O–H groups in total. The molecule has 3 heterocycles. The summed E-state index contributed by atoms with van der Waals surface area (Å²) in [6.07, 6.45) is 5.18. The number of para-hydroxylation sites is 1. The zero-order valence-electron chi connectivity index (χ0n) is 16.8. The van der Waals surface area contributed by atoms with Crippen LogP contribution in [0, 0.1) is 0 Å². The van der Waals surface area contributed by atoms with Crippen molar-refractivity contribution in [3.05, 3.63) is 74.5 Å². The predicted molar refractivity (Wildman–Crippen MR) is 123 cm³/mol. The molecule has 0 aliphatic carbocycles. The van der Waals surface area contributed by atoms with Gasteiger partial charge in [0.1, 0.15) is 17.7 Å². The Morgan fingerprint density at radius 3 is 2.81 bits per heavy atom. The average molecular weight is 475 g/mol. The zero-order chi connectivity index (χ0) is 22.7. The Morgan fingerprint density at radius 1 is 1.25 bits per heavy atom. The van der Waals surface area contributed by atoms with E-state index in [4.69, 9.17) is 33.7 Å². The molecule has 1 aliphatic heterocycles. The second-order valence-electron chi connectivity index (χ2n) is 7.12. The molecule has 0 bridgehead atoms. The molecule has 3 aromatic rings. The van der Waals surface area contributed by atoms with Crippen molar-refractivity contribution >= 4 is 40.6 Å². The molecule has 1 saturated heterocycles. The monoisotopic (exact) mass is 474 g/mol. The van der Waals surface area contributed by atoms with Crippen LogP contribution in [0.5, 0.6) is 0 Å². The van der Waals surface area contributed by atoms with Crippen LogP contribution in [0.4, 0.5) is 11.5 Å². The Bertz CT molecular complexity index is 1190. The zero-order valence-corrected chi connectivity index (χ0v) is 18.4. The lowest BCUT2D eigenvalue weighted by molar-refractivity contribution is 0.102. The van der Waals surface area contributed by atoms with Crippen molar-refractivity contribution in [2.24, 2.45) is 0 Å². The lowest BCUT2D eigenvalue weighted by atomic mass is 10.1. The van der Waals surface area contributed by atoms with Crippen molar-refractivity contribution in [1.29, 1.82) is 0 Å². The number of nitrogens with one attached hydrogen (secondary N) is 2. The molecule has 1 atom stereocenters. The van der Waals surface area contributed by atoms with Crippen molar-refractivity contribution in [3.63, 3.8) is 0 Å². The number of nitrogen functional groups attached to an aromatic ring is 1. The lowest BCUT2D eigenvalue weighted by Gasteiger charge is -2.16. The molecule has 1 amide bonds.